The number of rotatable bonds is 1. The Morgan fingerprint density at radius 2 is 2.15 bits per heavy atom. The SMILES string of the molecule is C[C@@H]1C[C@H](O)CN(C(=O)c2ccc3c(c2)N(C)CC3)C1. The molecule has 1 aromatic rings. The van der Waals surface area contributed by atoms with Gasteiger partial charge in [0.25, 0.3) is 5.91 Å². The zero-order valence-corrected chi connectivity index (χ0v) is 12.2. The second-order valence-corrected chi connectivity index (χ2v) is 6.22. The molecular formula is C16H22N2O2. The number of likely N-dealkylation sites (N-methyl/N-ethyl adjacent to an activating group) is 1. The first kappa shape index (κ1) is 13.4. The van der Waals surface area contributed by atoms with Gasteiger partial charge < -0.3 is 14.9 Å². The van der Waals surface area contributed by atoms with Gasteiger partial charge in [0, 0.05) is 37.9 Å². The van der Waals surface area contributed by atoms with Crippen molar-refractivity contribution in [3.05, 3.63) is 29.3 Å². The molecule has 0 aliphatic carbocycles. The van der Waals surface area contributed by atoms with Crippen LogP contribution in [0.3, 0.4) is 0 Å². The van der Waals surface area contributed by atoms with Gasteiger partial charge in [0.15, 0.2) is 0 Å². The van der Waals surface area contributed by atoms with E-state index in [9.17, 15) is 9.90 Å². The molecule has 20 heavy (non-hydrogen) atoms. The number of aliphatic hydroxyl groups is 1. The summed E-state index contributed by atoms with van der Waals surface area (Å²) in [6, 6.07) is 5.98. The molecule has 4 heteroatoms. The molecule has 3 rings (SSSR count). The Balaban J connectivity index is 1.82. The number of carbonyl (C=O) groups is 1. The van der Waals surface area contributed by atoms with Crippen LogP contribution in [0.15, 0.2) is 18.2 Å². The van der Waals surface area contributed by atoms with Gasteiger partial charge in [-0.25, -0.2) is 0 Å². The average Bonchev–Trinajstić information content (AvgIpc) is 2.78. The number of aliphatic hydroxyl groups excluding tert-OH is 1. The zero-order chi connectivity index (χ0) is 14.3. The zero-order valence-electron chi connectivity index (χ0n) is 12.2. The lowest BCUT2D eigenvalue weighted by Gasteiger charge is -2.34. The molecule has 0 radical (unpaired) electrons. The van der Waals surface area contributed by atoms with Crippen molar-refractivity contribution in [2.24, 2.45) is 5.92 Å². The van der Waals surface area contributed by atoms with Gasteiger partial charge in [-0.3, -0.25) is 4.79 Å². The Morgan fingerprint density at radius 3 is 2.90 bits per heavy atom. The molecule has 1 fully saturated rings. The lowest BCUT2D eigenvalue weighted by molar-refractivity contribution is 0.0339. The number of hydrogen-bond acceptors (Lipinski definition) is 3. The second kappa shape index (κ2) is 5.09. The molecule has 4 nitrogen and oxygen atoms in total. The van der Waals surface area contributed by atoms with Crippen LogP contribution in [0.5, 0.6) is 0 Å². The van der Waals surface area contributed by atoms with Crippen molar-refractivity contribution in [2.75, 3.05) is 31.6 Å². The number of carbonyl (C=O) groups excluding carboxylic acids is 1. The number of amides is 1. The highest BCUT2D eigenvalue weighted by molar-refractivity contribution is 5.95. The largest absolute Gasteiger partial charge is 0.391 e. The Kier molecular flexibility index (Phi) is 3.42. The van der Waals surface area contributed by atoms with Crippen LogP contribution in [-0.2, 0) is 6.42 Å². The summed E-state index contributed by atoms with van der Waals surface area (Å²) in [7, 11) is 2.06. The second-order valence-electron chi connectivity index (χ2n) is 6.22. The summed E-state index contributed by atoms with van der Waals surface area (Å²) < 4.78 is 0. The van der Waals surface area contributed by atoms with E-state index < -0.39 is 0 Å². The van der Waals surface area contributed by atoms with Crippen molar-refractivity contribution < 1.29 is 9.90 Å². The molecular weight excluding hydrogens is 252 g/mol. The Hall–Kier alpha value is -1.55. The van der Waals surface area contributed by atoms with Crippen LogP contribution in [0.25, 0.3) is 0 Å². The van der Waals surface area contributed by atoms with Crippen molar-refractivity contribution in [2.45, 2.75) is 25.9 Å². The predicted octanol–water partition coefficient (Wildman–Crippen LogP) is 1.52. The highest BCUT2D eigenvalue weighted by Gasteiger charge is 2.28. The van der Waals surface area contributed by atoms with Gasteiger partial charge in [-0.1, -0.05) is 13.0 Å². The first-order valence-electron chi connectivity index (χ1n) is 7.36. The van der Waals surface area contributed by atoms with E-state index in [2.05, 4.69) is 24.9 Å². The summed E-state index contributed by atoms with van der Waals surface area (Å²) in [5.74, 6) is 0.401. The molecule has 2 aliphatic rings. The number of fused-ring (bicyclic) bond motifs is 1. The van der Waals surface area contributed by atoms with Gasteiger partial charge in [0.2, 0.25) is 0 Å². The fourth-order valence-corrected chi connectivity index (χ4v) is 3.34. The maximum absolute atomic E-state index is 12.6. The maximum atomic E-state index is 12.6. The highest BCUT2D eigenvalue weighted by Crippen LogP contribution is 2.28. The van der Waals surface area contributed by atoms with Crippen molar-refractivity contribution in [1.82, 2.24) is 4.90 Å². The number of piperidine rings is 1. The van der Waals surface area contributed by atoms with Crippen molar-refractivity contribution in [3.8, 4) is 0 Å². The van der Waals surface area contributed by atoms with Gasteiger partial charge in [0.05, 0.1) is 6.10 Å². The minimum Gasteiger partial charge on any atom is -0.391 e. The number of hydrogen-bond donors (Lipinski definition) is 1. The topological polar surface area (TPSA) is 43.8 Å². The molecule has 0 aromatic heterocycles. The lowest BCUT2D eigenvalue weighted by atomic mass is 9.97. The van der Waals surface area contributed by atoms with E-state index in [1.165, 1.54) is 11.3 Å². The maximum Gasteiger partial charge on any atom is 0.254 e. The van der Waals surface area contributed by atoms with Crippen LogP contribution < -0.4 is 4.90 Å². The molecule has 0 spiro atoms. The Morgan fingerprint density at radius 1 is 1.35 bits per heavy atom. The van der Waals surface area contributed by atoms with Crippen LogP contribution in [0.2, 0.25) is 0 Å². The molecule has 0 unspecified atom stereocenters. The summed E-state index contributed by atoms with van der Waals surface area (Å²) in [5, 5.41) is 9.84. The fraction of sp³-hybridized carbons (Fsp3) is 0.562. The summed E-state index contributed by atoms with van der Waals surface area (Å²) >= 11 is 0. The summed E-state index contributed by atoms with van der Waals surface area (Å²) in [4.78, 5) is 16.6. The summed E-state index contributed by atoms with van der Waals surface area (Å²) in [6.45, 7) is 4.30. The highest BCUT2D eigenvalue weighted by atomic mass is 16.3. The number of benzene rings is 1. The van der Waals surface area contributed by atoms with E-state index >= 15 is 0 Å². The molecule has 0 bridgehead atoms. The van der Waals surface area contributed by atoms with Gasteiger partial charge in [0.1, 0.15) is 0 Å². The molecule has 1 N–H and O–H groups in total. The first-order chi connectivity index (χ1) is 9.54. The third-order valence-corrected chi connectivity index (χ3v) is 4.38. The van der Waals surface area contributed by atoms with Crippen molar-refractivity contribution >= 4 is 11.6 Å². The smallest absolute Gasteiger partial charge is 0.254 e. The number of β-amino-alcohol motifs (C(OH)–C–C–N with tert-alkyl or cyclic N) is 1. The monoisotopic (exact) mass is 274 g/mol. The molecule has 0 saturated carbocycles. The standard InChI is InChI=1S/C16H22N2O2/c1-11-7-14(19)10-18(9-11)16(20)13-4-3-12-5-6-17(2)15(12)8-13/h3-4,8,11,14,19H,5-7,9-10H2,1-2H3/t11-,14+/m1/s1. The molecule has 108 valence electrons. The predicted molar refractivity (Wildman–Crippen MR) is 79.1 cm³/mol. The minimum absolute atomic E-state index is 0.0405. The third kappa shape index (κ3) is 2.40. The Labute approximate surface area is 120 Å². The minimum atomic E-state index is -0.389. The van der Waals surface area contributed by atoms with Crippen LogP contribution in [-0.4, -0.2) is 48.7 Å². The van der Waals surface area contributed by atoms with Crippen LogP contribution in [0.4, 0.5) is 5.69 Å². The van der Waals surface area contributed by atoms with Crippen molar-refractivity contribution in [3.63, 3.8) is 0 Å². The van der Waals surface area contributed by atoms with E-state index in [0.29, 0.717) is 12.5 Å². The third-order valence-electron chi connectivity index (χ3n) is 4.38. The normalized spacial score (nSPS) is 25.8. The van der Waals surface area contributed by atoms with Crippen LogP contribution in [0, 0.1) is 5.92 Å². The van der Waals surface area contributed by atoms with Gasteiger partial charge in [-0.2, -0.15) is 0 Å². The van der Waals surface area contributed by atoms with Crippen LogP contribution >= 0.6 is 0 Å². The molecule has 1 aromatic carbocycles. The van der Waals surface area contributed by atoms with Gasteiger partial charge in [-0.05, 0) is 36.5 Å². The number of nitrogens with zero attached hydrogens (tertiary/aromatic N) is 2. The molecule has 2 aliphatic heterocycles. The van der Waals surface area contributed by atoms with E-state index in [1.54, 1.807) is 4.90 Å². The van der Waals surface area contributed by atoms with Gasteiger partial charge in [-0.15, -0.1) is 0 Å². The summed E-state index contributed by atoms with van der Waals surface area (Å²) in [6.07, 6.45) is 1.45. The number of likely N-dealkylation sites (tertiary alicyclic amines) is 1. The Bertz CT molecular complexity index is 519. The van der Waals surface area contributed by atoms with E-state index in [4.69, 9.17) is 0 Å². The fourth-order valence-electron chi connectivity index (χ4n) is 3.34. The molecule has 2 atom stereocenters. The van der Waals surface area contributed by atoms with Gasteiger partial charge >= 0.3 is 0 Å². The van der Waals surface area contributed by atoms with E-state index in [0.717, 1.165) is 31.5 Å². The van der Waals surface area contributed by atoms with Crippen LogP contribution in [0.1, 0.15) is 29.3 Å². The van der Waals surface area contributed by atoms with E-state index in [-0.39, 0.29) is 12.0 Å². The van der Waals surface area contributed by atoms with Crippen molar-refractivity contribution in [1.29, 1.82) is 0 Å². The van der Waals surface area contributed by atoms with E-state index in [1.807, 2.05) is 12.1 Å². The number of anilines is 1. The quantitative estimate of drug-likeness (QED) is 0.844. The molecule has 2 heterocycles. The lowest BCUT2D eigenvalue weighted by Crippen LogP contribution is -2.45. The summed E-state index contributed by atoms with van der Waals surface area (Å²) in [5.41, 5.74) is 3.22. The molecule has 1 saturated heterocycles. The first-order valence-corrected chi connectivity index (χ1v) is 7.36. The average molecular weight is 274 g/mol. The molecule has 1 amide bonds.